The van der Waals surface area contributed by atoms with E-state index in [1.54, 1.807) is 6.08 Å². The van der Waals surface area contributed by atoms with Crippen LogP contribution in [-0.4, -0.2) is 73.4 Å². The number of hydrogen-bond donors (Lipinski definition) is 3. The molecule has 0 aliphatic rings. The molecule has 0 saturated carbocycles. The number of phosphoric ester groups is 1. The van der Waals surface area contributed by atoms with Gasteiger partial charge < -0.3 is 19.8 Å². The van der Waals surface area contributed by atoms with Crippen molar-refractivity contribution < 1.29 is 32.9 Å². The molecule has 0 saturated heterocycles. The van der Waals surface area contributed by atoms with Crippen LogP contribution in [0.3, 0.4) is 0 Å². The Labute approximate surface area is 409 Å². The minimum atomic E-state index is -4.35. The summed E-state index contributed by atoms with van der Waals surface area (Å²) in [7, 11) is 1.56. The van der Waals surface area contributed by atoms with Crippen molar-refractivity contribution in [2.24, 2.45) is 0 Å². The lowest BCUT2D eigenvalue weighted by Crippen LogP contribution is -2.45. The third-order valence-corrected chi connectivity index (χ3v) is 13.2. The molecule has 3 atom stereocenters. The summed E-state index contributed by atoms with van der Waals surface area (Å²) in [6.07, 6.45) is 64.6. The highest BCUT2D eigenvalue weighted by Gasteiger charge is 2.27. The normalized spacial score (nSPS) is 14.5. The van der Waals surface area contributed by atoms with Gasteiger partial charge in [0.25, 0.3) is 0 Å². The maximum atomic E-state index is 13.0. The van der Waals surface area contributed by atoms with Crippen LogP contribution in [0.4, 0.5) is 0 Å². The van der Waals surface area contributed by atoms with Crippen molar-refractivity contribution in [2.45, 2.75) is 257 Å². The van der Waals surface area contributed by atoms with Gasteiger partial charge in [-0.05, 0) is 57.8 Å². The Kier molecular flexibility index (Phi) is 46.9. The topological polar surface area (TPSA) is 105 Å². The smallest absolute Gasteiger partial charge is 0.387 e. The number of carbonyl (C=O) groups is 1. The van der Waals surface area contributed by atoms with Gasteiger partial charge in [0.1, 0.15) is 13.2 Å². The predicted octanol–water partition coefficient (Wildman–Crippen LogP) is 16.5. The molecule has 0 radical (unpaired) electrons. The van der Waals surface area contributed by atoms with Gasteiger partial charge in [0.2, 0.25) is 5.91 Å². The Morgan fingerprint density at radius 2 is 0.909 bits per heavy atom. The molecule has 0 aliphatic heterocycles. The third-order valence-electron chi connectivity index (χ3n) is 12.2. The molecule has 0 spiro atoms. The molecule has 0 heterocycles. The largest absolute Gasteiger partial charge is 0.472 e. The van der Waals surface area contributed by atoms with E-state index in [0.717, 1.165) is 77.0 Å². The average molecular weight is 948 g/mol. The number of carbonyl (C=O) groups excluding carboxylic acids is 1. The second kappa shape index (κ2) is 48.2. The van der Waals surface area contributed by atoms with Crippen LogP contribution in [0.5, 0.6) is 0 Å². The number of nitrogens with zero attached hydrogens (tertiary/aromatic N) is 1. The summed E-state index contributed by atoms with van der Waals surface area (Å²) in [4.78, 5) is 23.3. The summed E-state index contributed by atoms with van der Waals surface area (Å²) in [5.41, 5.74) is 0. The lowest BCUT2D eigenvalue weighted by Gasteiger charge is -2.25. The first-order valence-electron chi connectivity index (χ1n) is 27.7. The van der Waals surface area contributed by atoms with Crippen LogP contribution in [0, 0.1) is 0 Å². The van der Waals surface area contributed by atoms with Gasteiger partial charge in [-0.25, -0.2) is 4.57 Å². The molecule has 3 N–H and O–H groups in total. The second-order valence-electron chi connectivity index (χ2n) is 19.9. The highest BCUT2D eigenvalue weighted by molar-refractivity contribution is 7.47. The highest BCUT2D eigenvalue weighted by atomic mass is 31.2. The van der Waals surface area contributed by atoms with E-state index in [1.165, 1.54) is 148 Å². The molecule has 1 amide bonds. The van der Waals surface area contributed by atoms with Gasteiger partial charge in [-0.3, -0.25) is 13.8 Å². The van der Waals surface area contributed by atoms with E-state index in [9.17, 15) is 19.4 Å². The van der Waals surface area contributed by atoms with Gasteiger partial charge in [-0.2, -0.15) is 0 Å². The van der Waals surface area contributed by atoms with Crippen molar-refractivity contribution in [1.82, 2.24) is 5.32 Å². The van der Waals surface area contributed by atoms with Crippen LogP contribution >= 0.6 is 7.82 Å². The molecule has 386 valence electrons. The van der Waals surface area contributed by atoms with Crippen molar-refractivity contribution >= 4 is 13.7 Å². The highest BCUT2D eigenvalue weighted by Crippen LogP contribution is 2.43. The van der Waals surface area contributed by atoms with Crippen molar-refractivity contribution in [3.05, 3.63) is 60.8 Å². The van der Waals surface area contributed by atoms with Crippen molar-refractivity contribution in [2.75, 3.05) is 40.9 Å². The number of allylic oxidation sites excluding steroid dienone is 9. The van der Waals surface area contributed by atoms with Gasteiger partial charge in [0, 0.05) is 6.42 Å². The Morgan fingerprint density at radius 1 is 0.530 bits per heavy atom. The van der Waals surface area contributed by atoms with E-state index < -0.39 is 20.0 Å². The van der Waals surface area contributed by atoms with Crippen LogP contribution in [0.2, 0.25) is 0 Å². The second-order valence-corrected chi connectivity index (χ2v) is 21.4. The van der Waals surface area contributed by atoms with Gasteiger partial charge in [0.05, 0.1) is 39.9 Å². The summed E-state index contributed by atoms with van der Waals surface area (Å²) in [6, 6.07) is -0.857. The fraction of sp³-hybridized carbons (Fsp3) is 0.807. The van der Waals surface area contributed by atoms with E-state index >= 15 is 0 Å². The van der Waals surface area contributed by atoms with Gasteiger partial charge in [0.15, 0.2) is 0 Å². The summed E-state index contributed by atoms with van der Waals surface area (Å²) in [6.45, 7) is 4.71. The molecule has 0 aromatic heterocycles. The van der Waals surface area contributed by atoms with Gasteiger partial charge >= 0.3 is 7.82 Å². The van der Waals surface area contributed by atoms with E-state index in [0.29, 0.717) is 17.4 Å². The minimum Gasteiger partial charge on any atom is -0.387 e. The fourth-order valence-corrected chi connectivity index (χ4v) is 8.65. The number of amides is 1. The molecular formula is C57H108N2O6P+. The van der Waals surface area contributed by atoms with Crippen LogP contribution in [0.25, 0.3) is 0 Å². The van der Waals surface area contributed by atoms with Crippen molar-refractivity contribution in [1.29, 1.82) is 0 Å². The number of aliphatic hydroxyl groups excluding tert-OH is 1. The number of aliphatic hydroxyl groups is 1. The molecule has 0 fully saturated rings. The zero-order valence-corrected chi connectivity index (χ0v) is 44.8. The minimum absolute atomic E-state index is 0.0563. The number of phosphoric acid groups is 1. The molecule has 9 heteroatoms. The Hall–Kier alpha value is -1.80. The molecule has 0 bridgehead atoms. The Balaban J connectivity index is 4.26. The molecule has 0 aliphatic carbocycles. The Bertz CT molecular complexity index is 1260. The zero-order valence-electron chi connectivity index (χ0n) is 43.9. The molecule has 0 aromatic rings. The van der Waals surface area contributed by atoms with E-state index in [1.807, 2.05) is 27.2 Å². The average Bonchev–Trinajstić information content (AvgIpc) is 3.28. The van der Waals surface area contributed by atoms with Crippen LogP contribution in [-0.2, 0) is 18.4 Å². The Morgan fingerprint density at radius 3 is 1.33 bits per heavy atom. The molecule has 0 rings (SSSR count). The number of nitrogens with one attached hydrogen (secondary N) is 1. The maximum Gasteiger partial charge on any atom is 0.472 e. The first-order chi connectivity index (χ1) is 32.0. The van der Waals surface area contributed by atoms with Crippen molar-refractivity contribution in [3.8, 4) is 0 Å². The molecule has 0 aromatic carbocycles. The lowest BCUT2D eigenvalue weighted by atomic mass is 10.0. The number of quaternary nitrogens is 1. The number of hydrogen-bond acceptors (Lipinski definition) is 5. The maximum absolute atomic E-state index is 13.0. The van der Waals surface area contributed by atoms with E-state index in [2.05, 4.69) is 67.8 Å². The summed E-state index contributed by atoms with van der Waals surface area (Å²) in [5, 5.41) is 13.9. The van der Waals surface area contributed by atoms with Crippen molar-refractivity contribution in [3.63, 3.8) is 0 Å². The van der Waals surface area contributed by atoms with Crippen LogP contribution in [0.15, 0.2) is 60.8 Å². The first-order valence-corrected chi connectivity index (χ1v) is 29.2. The summed E-state index contributed by atoms with van der Waals surface area (Å²) in [5.74, 6) is -0.191. The lowest BCUT2D eigenvalue weighted by molar-refractivity contribution is -0.870. The zero-order chi connectivity index (χ0) is 48.5. The van der Waals surface area contributed by atoms with E-state index in [-0.39, 0.29) is 19.1 Å². The number of unbranched alkanes of at least 4 members (excludes halogenated alkanes) is 29. The summed E-state index contributed by atoms with van der Waals surface area (Å²) >= 11 is 0. The summed E-state index contributed by atoms with van der Waals surface area (Å²) < 4.78 is 23.7. The van der Waals surface area contributed by atoms with E-state index in [4.69, 9.17) is 9.05 Å². The quantitative estimate of drug-likeness (QED) is 0.0243. The molecule has 66 heavy (non-hydrogen) atoms. The standard InChI is InChI=1S/C57H107N2O6P/c1-6-8-10-12-14-16-18-20-22-24-26-27-28-29-30-31-33-34-36-38-40-42-44-46-48-50-56(60)55(54-65-66(62,63)64-53-52-59(3,4)5)58-57(61)51-49-47-45-43-41-39-37-35-32-25-23-21-19-17-15-13-11-9-7-2/h9,11,15,17,21,23,32,35,48,50,55-56,60H,6-8,10,12-14,16,18-20,22,24-31,33-34,36-47,49,51-54H2,1-5H3,(H-,58,61,62,63)/p+1/b11-9-,17-15-,23-21-,35-32-,50-48+. The SMILES string of the molecule is CC/C=C\C/C=C\C/C=C\C/C=C\CCCCCCCCC(=O)NC(COP(=O)(O)OCC[N+](C)(C)C)C(O)/C=C/CCCCCCCCCCCCCCCCCCCCCCCCC. The number of rotatable bonds is 50. The molecule has 8 nitrogen and oxygen atoms in total. The first kappa shape index (κ1) is 64.2. The number of likely N-dealkylation sites (N-methyl/N-ethyl adjacent to an activating group) is 1. The fourth-order valence-electron chi connectivity index (χ4n) is 7.92. The third kappa shape index (κ3) is 50.1. The van der Waals surface area contributed by atoms with Gasteiger partial charge in [-0.1, -0.05) is 242 Å². The molecule has 3 unspecified atom stereocenters. The monoisotopic (exact) mass is 948 g/mol. The predicted molar refractivity (Wildman–Crippen MR) is 286 cm³/mol. The van der Waals surface area contributed by atoms with Crippen LogP contribution < -0.4 is 5.32 Å². The molecular weight excluding hydrogens is 840 g/mol. The van der Waals surface area contributed by atoms with Gasteiger partial charge in [-0.15, -0.1) is 0 Å². The van der Waals surface area contributed by atoms with Crippen LogP contribution in [0.1, 0.15) is 245 Å².